The molecule has 2 aromatic heterocycles. The second kappa shape index (κ2) is 54.3. The molecule has 0 bridgehead atoms. The molecule has 43 nitrogen and oxygen atoms in total. The van der Waals surface area contributed by atoms with Gasteiger partial charge in [0.25, 0.3) is 0 Å². The number of ether oxygens (including phenoxy) is 1. The highest BCUT2D eigenvalue weighted by Gasteiger charge is 2.45. The molecule has 0 radical (unpaired) electrons. The topological polar surface area (TPSA) is 667 Å². The van der Waals surface area contributed by atoms with Gasteiger partial charge in [-0.15, -0.1) is 11.8 Å². The van der Waals surface area contributed by atoms with E-state index >= 15 is 38.4 Å². The molecule has 1 saturated carbocycles. The van der Waals surface area contributed by atoms with Crippen molar-refractivity contribution in [3.05, 3.63) is 156 Å². The number of aromatic amines is 1. The van der Waals surface area contributed by atoms with Crippen LogP contribution in [-0.4, -0.2) is 294 Å². The second-order valence-electron chi connectivity index (χ2n) is 37.5. The van der Waals surface area contributed by atoms with Gasteiger partial charge in [0, 0.05) is 74.5 Å². The van der Waals surface area contributed by atoms with Crippen LogP contribution in [-0.2, 0) is 112 Å². The predicted molar refractivity (Wildman–Crippen MR) is 526 cm³/mol. The lowest BCUT2D eigenvalue weighted by Crippen LogP contribution is -2.64. The highest BCUT2D eigenvalue weighted by Crippen LogP contribution is 2.30. The van der Waals surface area contributed by atoms with Crippen LogP contribution in [0.5, 0.6) is 5.75 Å². The molecule has 3 aliphatic rings. The van der Waals surface area contributed by atoms with E-state index in [0.29, 0.717) is 52.2 Å². The number of nitrogens with two attached hydrogens (primary N) is 3. The maximum atomic E-state index is 15.6. The quantitative estimate of drug-likeness (QED) is 0.0278. The van der Waals surface area contributed by atoms with Gasteiger partial charge in [-0.25, -0.2) is 4.79 Å². The van der Waals surface area contributed by atoms with Gasteiger partial charge in [-0.2, -0.15) is 0 Å². The Labute approximate surface area is 832 Å². The summed E-state index contributed by atoms with van der Waals surface area (Å²) in [6.45, 7) is 8.10. The van der Waals surface area contributed by atoms with Crippen molar-refractivity contribution in [2.24, 2.45) is 35.0 Å². The molecule has 774 valence electrons. The van der Waals surface area contributed by atoms with E-state index in [4.69, 9.17) is 21.9 Å². The number of hydrogen-bond acceptors (Lipinski definition) is 25. The Hall–Kier alpha value is -14.0. The average molecular weight is 2000 g/mol. The fourth-order valence-corrected chi connectivity index (χ4v) is 18.0. The number of nitrogens with one attached hydrogen (secondary N) is 14. The number of rotatable bonds is 28. The first kappa shape index (κ1) is 113. The van der Waals surface area contributed by atoms with E-state index in [2.05, 4.69) is 79.1 Å². The summed E-state index contributed by atoms with van der Waals surface area (Å²) in [5.41, 5.74) is 19.1. The summed E-state index contributed by atoms with van der Waals surface area (Å²) in [6.07, 6.45) is 5.06. The van der Waals surface area contributed by atoms with Crippen molar-refractivity contribution in [2.45, 2.75) is 247 Å². The number of nitrogens with zero attached hydrogens (tertiary/aromatic N) is 3. The summed E-state index contributed by atoms with van der Waals surface area (Å²) in [6, 6.07) is 7.14. The fourth-order valence-electron chi connectivity index (χ4n) is 17.2. The predicted octanol–water partition coefficient (Wildman–Crippen LogP) is -1.06. The SMILES string of the molecule is CC(C)C[C@@H]1NC(=O)[C@H](Cc2c[nH]c3ccccc23)NC(=O)[C@H](CC(=O)O)NC(=O)[C@H](Cc2ccc(OCC(=O)O)cc2)NC(=O)[C@H](Cc2ccncc2)NC(=O)CSC[C@@H](C(=O)N[C@@H](CCN)C(N)=O)NC(=O)[C@H](CO)NC(=O)[C@H](C(C)(C)O)NC(=O)[C@H](CC2CCCCC2)NC(=O)[C@H](CCN)NC(=O)[C@H]2CCCN2C(=O)[C@H](C)N(C)C(=O)[C@H](C(C)C)NC(=O)[C@H](Cc2ccc(-c3ccccc3)cc2)NC1=O. The van der Waals surface area contributed by atoms with Crippen molar-refractivity contribution in [2.75, 3.05) is 51.4 Å². The lowest BCUT2D eigenvalue weighted by atomic mass is 9.84. The van der Waals surface area contributed by atoms with E-state index in [-0.39, 0.29) is 94.7 Å². The molecule has 2 saturated heterocycles. The number of hydrogen-bond donors (Lipinski definition) is 21. The Morgan fingerprint density at radius 3 is 1.64 bits per heavy atom. The molecule has 143 heavy (non-hydrogen) atoms. The number of aliphatic hydroxyl groups excluding tert-OH is 1. The number of benzene rings is 4. The third kappa shape index (κ3) is 33.9. The molecule has 15 atom stereocenters. The van der Waals surface area contributed by atoms with Crippen molar-refractivity contribution in [1.82, 2.24) is 88.9 Å². The van der Waals surface area contributed by atoms with Gasteiger partial charge in [-0.1, -0.05) is 145 Å². The zero-order chi connectivity index (χ0) is 104. The molecule has 44 heteroatoms. The lowest BCUT2D eigenvalue weighted by Gasteiger charge is -2.35. The van der Waals surface area contributed by atoms with Crippen molar-refractivity contribution in [3.8, 4) is 16.9 Å². The Morgan fingerprint density at radius 2 is 1.06 bits per heavy atom. The number of aliphatic hydroxyl groups is 2. The standard InChI is InChI=1S/C99H134N20O23S/c1-54(2)42-69-86(128)111-72(44-58-25-29-62(30-26-58)61-20-13-10-14-21-61)91(133)116-82(55(3)4)98(140)118(8)56(5)97(139)119-41-17-24-78(119)95(137)107-68(34-38-101)85(127)109-73(43-57-18-11-9-12-19-57)92(134)117-83(99(6,7)141)96(138)114-76(50-120)93(135)115-77(94(136)106-67(33-37-100)84(102)126)52-143-53-79(121)105-70(46-60-35-39-103-40-36-60)87(129)110-71(45-59-27-31-64(32-28-59)142-51-81(124)125)88(130)113-75(48-80(122)123)90(132)112-74(89(131)108-69)47-63-49-104-66-23-16-15-22-65(63)66/h10,13-16,20-23,25-32,35-36,39-40,49,54-57,67-78,82-83,104,120,141H,9,11-12,17-19,24,33-34,37-38,41-48,50-53,100-101H2,1-8H3,(H2,102,126)(H,105,121)(H,106,136)(H,107,137)(H,108,131)(H,109,127)(H,110,129)(H,111,128)(H,112,132)(H,113,130)(H,114,138)(H,115,135)(H,116,133)(H,117,134)(H,122,123)(H,124,125)/t56-,67-,68-,69-,70-,71-,72-,73-,74-,75-,76-,77-,78+,82-,83+/m0/s1. The third-order valence-corrected chi connectivity index (χ3v) is 26.2. The summed E-state index contributed by atoms with van der Waals surface area (Å²) in [5.74, 6) is -21.9. The maximum absolute atomic E-state index is 15.6. The highest BCUT2D eigenvalue weighted by atomic mass is 32.2. The summed E-state index contributed by atoms with van der Waals surface area (Å²) in [7, 11) is 1.33. The van der Waals surface area contributed by atoms with Crippen molar-refractivity contribution < 1.29 is 111 Å². The molecule has 0 unspecified atom stereocenters. The van der Waals surface area contributed by atoms with Gasteiger partial charge >= 0.3 is 11.9 Å². The molecule has 24 N–H and O–H groups in total. The number of fused-ring (bicyclic) bond motifs is 2. The lowest BCUT2D eigenvalue weighted by molar-refractivity contribution is -0.148. The number of likely N-dealkylation sites (N-methyl/N-ethyl adjacent to an activating group) is 1. The molecule has 1 aliphatic carbocycles. The zero-order valence-corrected chi connectivity index (χ0v) is 82.2. The van der Waals surface area contributed by atoms with Gasteiger partial charge in [0.1, 0.15) is 96.4 Å². The number of carboxylic acids is 2. The normalized spacial score (nSPS) is 24.0. The number of aromatic nitrogens is 2. The molecule has 16 amide bonds. The molecule has 3 fully saturated rings. The second-order valence-corrected chi connectivity index (χ2v) is 38.5. The minimum Gasteiger partial charge on any atom is -0.482 e. The van der Waals surface area contributed by atoms with Gasteiger partial charge < -0.3 is 126 Å². The van der Waals surface area contributed by atoms with E-state index < -0.39 is 252 Å². The van der Waals surface area contributed by atoms with Crippen LogP contribution in [0, 0.1) is 17.8 Å². The van der Waals surface area contributed by atoms with Crippen LogP contribution >= 0.6 is 11.8 Å². The number of amides is 16. The molecule has 0 spiro atoms. The van der Waals surface area contributed by atoms with E-state index in [9.17, 15) is 68.4 Å². The smallest absolute Gasteiger partial charge is 0.341 e. The highest BCUT2D eigenvalue weighted by molar-refractivity contribution is 8.00. The molecular weight excluding hydrogens is 1870 g/mol. The number of carboxylic acid groups (broad SMARTS) is 2. The number of thioether (sulfide) groups is 1. The number of carbonyl (C=O) groups excluding carboxylic acids is 16. The van der Waals surface area contributed by atoms with Gasteiger partial charge in [0.15, 0.2) is 6.61 Å². The Morgan fingerprint density at radius 1 is 0.545 bits per heavy atom. The van der Waals surface area contributed by atoms with Crippen LogP contribution in [0.25, 0.3) is 22.0 Å². The number of H-pyrrole nitrogens is 1. The van der Waals surface area contributed by atoms with Crippen LogP contribution in [0.15, 0.2) is 134 Å². The molecule has 9 rings (SSSR count). The number of pyridine rings is 1. The number of para-hydroxylation sites is 1. The fraction of sp³-hybridized carbons (Fsp3) is 0.505. The number of primary amides is 1. The minimum atomic E-state index is -2.22. The maximum Gasteiger partial charge on any atom is 0.341 e. The average Bonchev–Trinajstić information content (AvgIpc) is 1.80. The Balaban J connectivity index is 1.12. The molecular formula is C99H134N20O23S. The zero-order valence-electron chi connectivity index (χ0n) is 81.4. The Bertz CT molecular complexity index is 5430. The number of aliphatic carboxylic acids is 2. The Kier molecular flexibility index (Phi) is 42.8. The van der Waals surface area contributed by atoms with E-state index in [1.807, 2.05) is 42.5 Å². The van der Waals surface area contributed by atoms with E-state index in [0.717, 1.165) is 49.1 Å². The van der Waals surface area contributed by atoms with Crippen molar-refractivity contribution >= 4 is 129 Å². The van der Waals surface area contributed by atoms with Crippen molar-refractivity contribution in [3.63, 3.8) is 0 Å². The van der Waals surface area contributed by atoms with Crippen LogP contribution in [0.1, 0.15) is 148 Å². The minimum absolute atomic E-state index is 0.00540. The first-order valence-corrected chi connectivity index (χ1v) is 49.0. The molecule has 2 aliphatic heterocycles. The third-order valence-electron chi connectivity index (χ3n) is 25.1. The first-order chi connectivity index (χ1) is 68.0. The summed E-state index contributed by atoms with van der Waals surface area (Å²) in [5, 5.41) is 77.0. The van der Waals surface area contributed by atoms with E-state index in [1.54, 1.807) is 70.3 Å². The van der Waals surface area contributed by atoms with Crippen LogP contribution in [0.2, 0.25) is 0 Å². The largest absolute Gasteiger partial charge is 0.482 e. The van der Waals surface area contributed by atoms with Crippen LogP contribution in [0.4, 0.5) is 0 Å². The van der Waals surface area contributed by atoms with Gasteiger partial charge in [-0.3, -0.25) is 86.5 Å². The van der Waals surface area contributed by atoms with Gasteiger partial charge in [0.2, 0.25) is 94.5 Å². The molecule has 4 heterocycles. The first-order valence-electron chi connectivity index (χ1n) is 47.9. The summed E-state index contributed by atoms with van der Waals surface area (Å²) >= 11 is 0.658. The summed E-state index contributed by atoms with van der Waals surface area (Å²) in [4.78, 5) is 272. The van der Waals surface area contributed by atoms with Crippen LogP contribution < -0.4 is 91.1 Å². The summed E-state index contributed by atoms with van der Waals surface area (Å²) < 4.78 is 5.34. The number of carbonyl (C=O) groups is 18. The van der Waals surface area contributed by atoms with Gasteiger partial charge in [-0.05, 0) is 154 Å². The molecule has 6 aromatic rings. The van der Waals surface area contributed by atoms with Gasteiger partial charge in [0.05, 0.1) is 24.4 Å². The monoisotopic (exact) mass is 2000 g/mol. The van der Waals surface area contributed by atoms with Crippen molar-refractivity contribution in [1.29, 1.82) is 0 Å². The van der Waals surface area contributed by atoms with E-state index in [1.165, 1.54) is 67.7 Å². The van der Waals surface area contributed by atoms with Crippen LogP contribution in [0.3, 0.4) is 0 Å². The molecule has 4 aromatic carbocycles.